The van der Waals surface area contributed by atoms with E-state index in [9.17, 15) is 31.9 Å². The molecule has 2 fully saturated rings. The van der Waals surface area contributed by atoms with Gasteiger partial charge in [-0.3, -0.25) is 9.69 Å². The van der Waals surface area contributed by atoms with Gasteiger partial charge < -0.3 is 19.9 Å². The minimum absolute atomic E-state index is 0.0181. The molecule has 1 saturated carbocycles. The molecule has 0 bridgehead atoms. The second-order valence-electron chi connectivity index (χ2n) is 10.9. The van der Waals surface area contributed by atoms with Crippen molar-refractivity contribution < 1.29 is 41.4 Å². The van der Waals surface area contributed by atoms with Gasteiger partial charge in [-0.1, -0.05) is 30.3 Å². The zero-order valence-electron chi connectivity index (χ0n) is 23.9. The van der Waals surface area contributed by atoms with Crippen LogP contribution in [0, 0.1) is 17.6 Å². The lowest BCUT2D eigenvalue weighted by Gasteiger charge is -2.30. The molecule has 3 aromatic carbocycles. The Labute approximate surface area is 254 Å². The first-order chi connectivity index (χ1) is 21.0. The van der Waals surface area contributed by atoms with Gasteiger partial charge in [0, 0.05) is 19.2 Å². The van der Waals surface area contributed by atoms with Crippen LogP contribution in [0.25, 0.3) is 0 Å². The quantitative estimate of drug-likeness (QED) is 0.297. The van der Waals surface area contributed by atoms with E-state index in [1.807, 2.05) is 18.2 Å². The zero-order valence-corrected chi connectivity index (χ0v) is 24.8. The summed E-state index contributed by atoms with van der Waals surface area (Å²) in [7, 11) is -2.53. The van der Waals surface area contributed by atoms with Gasteiger partial charge in [-0.2, -0.15) is 4.31 Å². The van der Waals surface area contributed by atoms with E-state index < -0.39 is 51.9 Å². The number of aliphatic hydroxyl groups is 1. The number of ether oxygens (including phenoxy) is 2. The molecule has 1 aliphatic carbocycles. The number of rotatable bonds is 13. The van der Waals surface area contributed by atoms with Gasteiger partial charge in [0.15, 0.2) is 17.7 Å². The molecule has 0 spiro atoms. The van der Waals surface area contributed by atoms with Crippen LogP contribution in [0.4, 0.5) is 19.3 Å². The normalized spacial score (nSPS) is 18.2. The summed E-state index contributed by atoms with van der Waals surface area (Å²) < 4.78 is 66.1. The van der Waals surface area contributed by atoms with Crippen molar-refractivity contribution in [3.63, 3.8) is 0 Å². The van der Waals surface area contributed by atoms with E-state index in [1.54, 1.807) is 24.3 Å². The number of carbonyl (C=O) groups is 2. The summed E-state index contributed by atoms with van der Waals surface area (Å²) in [4.78, 5) is 26.9. The summed E-state index contributed by atoms with van der Waals surface area (Å²) in [6.45, 7) is -0.363. The van der Waals surface area contributed by atoms with Gasteiger partial charge in [0.2, 0.25) is 10.0 Å². The van der Waals surface area contributed by atoms with E-state index in [0.29, 0.717) is 5.75 Å². The number of anilines is 1. The van der Waals surface area contributed by atoms with E-state index >= 15 is 0 Å². The first-order valence-corrected chi connectivity index (χ1v) is 15.6. The zero-order chi connectivity index (χ0) is 31.4. The third-order valence-electron chi connectivity index (χ3n) is 7.66. The summed E-state index contributed by atoms with van der Waals surface area (Å²) in [5, 5.41) is 14.2. The topological polar surface area (TPSA) is 125 Å². The van der Waals surface area contributed by atoms with Gasteiger partial charge in [0.25, 0.3) is 5.91 Å². The Morgan fingerprint density at radius 1 is 1.09 bits per heavy atom. The SMILES string of the molecule is COc1ccc(S(=O)(=O)N(CC2CC2)C[C@@H](O)[C@H](Cc2ccccc2)NC(=O)[C@@H]2CN(c3ccc(F)c(F)c3)C(=O)O2)cc1. The Morgan fingerprint density at radius 3 is 2.43 bits per heavy atom. The molecule has 0 unspecified atom stereocenters. The molecule has 13 heteroatoms. The average molecular weight is 630 g/mol. The number of hydrogen-bond acceptors (Lipinski definition) is 7. The maximum atomic E-state index is 13.8. The van der Waals surface area contributed by atoms with Crippen molar-refractivity contribution in [2.45, 2.75) is 42.4 Å². The highest BCUT2D eigenvalue weighted by Crippen LogP contribution is 2.32. The van der Waals surface area contributed by atoms with Crippen LogP contribution >= 0.6 is 0 Å². The second kappa shape index (κ2) is 13.3. The third kappa shape index (κ3) is 7.34. The largest absolute Gasteiger partial charge is 0.497 e. The third-order valence-corrected chi connectivity index (χ3v) is 9.50. The van der Waals surface area contributed by atoms with Crippen LogP contribution in [-0.4, -0.2) is 74.8 Å². The van der Waals surface area contributed by atoms with E-state index in [1.165, 1.54) is 29.6 Å². The minimum atomic E-state index is -4.01. The smallest absolute Gasteiger partial charge is 0.415 e. The lowest BCUT2D eigenvalue weighted by atomic mass is 10.0. The molecule has 44 heavy (non-hydrogen) atoms. The highest BCUT2D eigenvalue weighted by atomic mass is 32.2. The Morgan fingerprint density at radius 2 is 1.80 bits per heavy atom. The van der Waals surface area contributed by atoms with Crippen LogP contribution in [-0.2, 0) is 26.0 Å². The average Bonchev–Trinajstić information content (AvgIpc) is 3.76. The van der Waals surface area contributed by atoms with Gasteiger partial charge >= 0.3 is 6.09 Å². The second-order valence-corrected chi connectivity index (χ2v) is 12.8. The van der Waals surface area contributed by atoms with Crippen molar-refractivity contribution in [1.82, 2.24) is 9.62 Å². The fourth-order valence-corrected chi connectivity index (χ4v) is 6.52. The number of nitrogens with one attached hydrogen (secondary N) is 1. The van der Waals surface area contributed by atoms with Crippen molar-refractivity contribution in [2.75, 3.05) is 31.6 Å². The molecule has 3 atom stereocenters. The number of sulfonamides is 1. The Balaban J connectivity index is 1.34. The molecule has 5 rings (SSSR count). The Hall–Kier alpha value is -4.07. The molecule has 10 nitrogen and oxygen atoms in total. The molecular weight excluding hydrogens is 596 g/mol. The lowest BCUT2D eigenvalue weighted by molar-refractivity contribution is -0.129. The maximum Gasteiger partial charge on any atom is 0.415 e. The molecule has 2 aliphatic rings. The molecule has 2 N–H and O–H groups in total. The van der Waals surface area contributed by atoms with Crippen LogP contribution in [0.15, 0.2) is 77.7 Å². The van der Waals surface area contributed by atoms with Crippen LogP contribution in [0.3, 0.4) is 0 Å². The summed E-state index contributed by atoms with van der Waals surface area (Å²) in [6.07, 6.45) is -1.68. The molecule has 0 aromatic heterocycles. The van der Waals surface area contributed by atoms with Gasteiger partial charge in [-0.05, 0) is 67.1 Å². The van der Waals surface area contributed by atoms with Crippen molar-refractivity contribution in [3.05, 3.63) is 90.0 Å². The predicted octanol–water partition coefficient (Wildman–Crippen LogP) is 3.49. The molecule has 0 radical (unpaired) electrons. The molecule has 1 saturated heterocycles. The molecular formula is C31H33F2N3O7S. The van der Waals surface area contributed by atoms with E-state index in [-0.39, 0.29) is 42.6 Å². The highest BCUT2D eigenvalue weighted by molar-refractivity contribution is 7.89. The molecule has 1 aliphatic heterocycles. The summed E-state index contributed by atoms with van der Waals surface area (Å²) in [5.74, 6) is -2.31. The molecule has 3 aromatic rings. The molecule has 234 valence electrons. The van der Waals surface area contributed by atoms with Gasteiger partial charge in [-0.15, -0.1) is 0 Å². The van der Waals surface area contributed by atoms with Crippen LogP contribution in [0.1, 0.15) is 18.4 Å². The van der Waals surface area contributed by atoms with Gasteiger partial charge in [0.1, 0.15) is 5.75 Å². The number of benzene rings is 3. The van der Waals surface area contributed by atoms with Crippen molar-refractivity contribution in [2.24, 2.45) is 5.92 Å². The van der Waals surface area contributed by atoms with Gasteiger partial charge in [-0.25, -0.2) is 22.0 Å². The van der Waals surface area contributed by atoms with Crippen LogP contribution in [0.2, 0.25) is 0 Å². The van der Waals surface area contributed by atoms with Crippen molar-refractivity contribution in [1.29, 1.82) is 0 Å². The molecule has 2 amide bonds. The number of hydrogen-bond donors (Lipinski definition) is 2. The first-order valence-electron chi connectivity index (χ1n) is 14.1. The van der Waals surface area contributed by atoms with Gasteiger partial charge in [0.05, 0.1) is 36.4 Å². The Kier molecular flexibility index (Phi) is 9.47. The number of aliphatic hydroxyl groups excluding tert-OH is 1. The van der Waals surface area contributed by atoms with Crippen LogP contribution < -0.4 is 15.0 Å². The van der Waals surface area contributed by atoms with Crippen molar-refractivity contribution >= 4 is 27.7 Å². The Bertz CT molecular complexity index is 1590. The highest BCUT2D eigenvalue weighted by Gasteiger charge is 2.40. The minimum Gasteiger partial charge on any atom is -0.497 e. The number of carbonyl (C=O) groups excluding carboxylic acids is 2. The number of halogens is 2. The maximum absolute atomic E-state index is 13.8. The van der Waals surface area contributed by atoms with E-state index in [2.05, 4.69) is 5.32 Å². The number of amides is 2. The predicted molar refractivity (Wildman–Crippen MR) is 157 cm³/mol. The van der Waals surface area contributed by atoms with Crippen molar-refractivity contribution in [3.8, 4) is 5.75 Å². The fraction of sp³-hybridized carbons (Fsp3) is 0.355. The first kappa shape index (κ1) is 31.4. The standard InChI is InChI=1S/C31H33F2N3O7S/c1-42-23-10-12-24(13-11-23)44(40,41)35(17-21-7-8-21)18-28(37)27(15-20-5-3-2-4-6-20)34-30(38)29-19-36(31(39)43-29)22-9-14-25(32)26(33)16-22/h2-6,9-14,16,21,27-29,37H,7-8,15,17-19H2,1H3,(H,34,38)/t27-,28+,29-/m0/s1. The number of nitrogens with zero attached hydrogens (tertiary/aromatic N) is 2. The number of cyclic esters (lactones) is 1. The van der Waals surface area contributed by atoms with Crippen LogP contribution in [0.5, 0.6) is 5.75 Å². The fourth-order valence-electron chi connectivity index (χ4n) is 4.98. The summed E-state index contributed by atoms with van der Waals surface area (Å²) in [6, 6.07) is 16.9. The molecule has 1 heterocycles. The lowest BCUT2D eigenvalue weighted by Crippen LogP contribution is -2.53. The summed E-state index contributed by atoms with van der Waals surface area (Å²) in [5.41, 5.74) is 0.792. The number of methoxy groups -OCH3 is 1. The monoisotopic (exact) mass is 629 g/mol. The van der Waals surface area contributed by atoms with E-state index in [4.69, 9.17) is 9.47 Å². The summed E-state index contributed by atoms with van der Waals surface area (Å²) >= 11 is 0. The van der Waals surface area contributed by atoms with E-state index in [0.717, 1.165) is 35.4 Å².